The molecule has 18 heavy (non-hydrogen) atoms. The highest BCUT2D eigenvalue weighted by Gasteiger charge is 2.22. The monoisotopic (exact) mass is 256 g/mol. The van der Waals surface area contributed by atoms with Crippen LogP contribution in [0.1, 0.15) is 12.8 Å². The number of nitrogens with two attached hydrogens (primary N) is 1. The molecule has 0 saturated carbocycles. The normalized spacial score (nSPS) is 16.7. The highest BCUT2D eigenvalue weighted by atomic mass is 19.1. The molecule has 2 N–H and O–H groups in total. The molecule has 0 unspecified atom stereocenters. The minimum absolute atomic E-state index is 0.0941. The van der Waals surface area contributed by atoms with E-state index in [2.05, 4.69) is 0 Å². The number of piperidine rings is 1. The largest absolute Gasteiger partial charge is 0.415 e. The molecule has 0 spiro atoms. The number of carbonyl (C=O) groups excluding carboxylic acids is 1. The van der Waals surface area contributed by atoms with Crippen LogP contribution >= 0.6 is 0 Å². The van der Waals surface area contributed by atoms with E-state index in [1.165, 1.54) is 4.90 Å². The summed E-state index contributed by atoms with van der Waals surface area (Å²) in [7, 11) is 0. The SMILES string of the molecule is NC1CCN(C(=O)Oc2ccc(F)cc2F)CC1. The van der Waals surface area contributed by atoms with Gasteiger partial charge in [-0.25, -0.2) is 13.6 Å². The summed E-state index contributed by atoms with van der Waals surface area (Å²) in [5.74, 6) is -1.87. The second kappa shape index (κ2) is 5.30. The maximum absolute atomic E-state index is 13.3. The van der Waals surface area contributed by atoms with Crippen LogP contribution < -0.4 is 10.5 Å². The topological polar surface area (TPSA) is 55.6 Å². The fourth-order valence-electron chi connectivity index (χ4n) is 1.80. The van der Waals surface area contributed by atoms with Gasteiger partial charge in [-0.3, -0.25) is 0 Å². The Hall–Kier alpha value is -1.69. The summed E-state index contributed by atoms with van der Waals surface area (Å²) in [6.45, 7) is 0.978. The first-order chi connectivity index (χ1) is 8.56. The molecule has 0 aromatic heterocycles. The molecule has 1 aliphatic heterocycles. The molecule has 2 rings (SSSR count). The molecule has 1 aromatic carbocycles. The van der Waals surface area contributed by atoms with Crippen molar-refractivity contribution in [2.45, 2.75) is 18.9 Å². The fourth-order valence-corrected chi connectivity index (χ4v) is 1.80. The van der Waals surface area contributed by atoms with Crippen molar-refractivity contribution in [2.75, 3.05) is 13.1 Å². The van der Waals surface area contributed by atoms with Crippen LogP contribution in [0.4, 0.5) is 13.6 Å². The summed E-state index contributed by atoms with van der Waals surface area (Å²) in [6, 6.07) is 2.90. The van der Waals surface area contributed by atoms with Crippen molar-refractivity contribution in [3.05, 3.63) is 29.8 Å². The average molecular weight is 256 g/mol. The van der Waals surface area contributed by atoms with Crippen LogP contribution in [0.5, 0.6) is 5.75 Å². The summed E-state index contributed by atoms with van der Waals surface area (Å²) in [4.78, 5) is 13.2. The number of benzene rings is 1. The standard InChI is InChI=1S/C12H14F2N2O2/c13-8-1-2-11(10(14)7-8)18-12(17)16-5-3-9(15)4-6-16/h1-2,7,9H,3-6,15H2. The van der Waals surface area contributed by atoms with E-state index in [0.717, 1.165) is 12.1 Å². The van der Waals surface area contributed by atoms with Gasteiger partial charge in [-0.2, -0.15) is 0 Å². The Morgan fingerprint density at radius 1 is 1.33 bits per heavy atom. The second-order valence-electron chi connectivity index (χ2n) is 4.27. The summed E-state index contributed by atoms with van der Waals surface area (Å²) in [5, 5.41) is 0. The summed E-state index contributed by atoms with van der Waals surface area (Å²) in [5.41, 5.74) is 5.71. The first kappa shape index (κ1) is 12.8. The Morgan fingerprint density at radius 2 is 2.00 bits per heavy atom. The van der Waals surface area contributed by atoms with Crippen molar-refractivity contribution in [1.82, 2.24) is 4.90 Å². The van der Waals surface area contributed by atoms with E-state index < -0.39 is 17.7 Å². The number of hydrogen-bond acceptors (Lipinski definition) is 3. The number of hydrogen-bond donors (Lipinski definition) is 1. The van der Waals surface area contributed by atoms with Crippen molar-refractivity contribution in [3.8, 4) is 5.75 Å². The molecule has 0 bridgehead atoms. The summed E-state index contributed by atoms with van der Waals surface area (Å²) in [6.07, 6.45) is 0.759. The van der Waals surface area contributed by atoms with Gasteiger partial charge in [0.15, 0.2) is 11.6 Å². The Labute approximate surface area is 103 Å². The predicted octanol–water partition coefficient (Wildman–Crippen LogP) is 1.89. The maximum atomic E-state index is 13.3. The molecule has 1 aliphatic rings. The van der Waals surface area contributed by atoms with Crippen LogP contribution in [0.25, 0.3) is 0 Å². The minimum Gasteiger partial charge on any atom is -0.407 e. The van der Waals surface area contributed by atoms with Crippen molar-refractivity contribution in [2.24, 2.45) is 5.73 Å². The van der Waals surface area contributed by atoms with E-state index in [-0.39, 0.29) is 11.8 Å². The number of ether oxygens (including phenoxy) is 1. The van der Waals surface area contributed by atoms with Crippen LogP contribution in [-0.4, -0.2) is 30.1 Å². The van der Waals surface area contributed by atoms with Gasteiger partial charge in [0, 0.05) is 25.2 Å². The van der Waals surface area contributed by atoms with Crippen LogP contribution in [0.15, 0.2) is 18.2 Å². The highest BCUT2D eigenvalue weighted by molar-refractivity contribution is 5.70. The molecule has 1 saturated heterocycles. The van der Waals surface area contributed by atoms with Gasteiger partial charge in [-0.05, 0) is 25.0 Å². The highest BCUT2D eigenvalue weighted by Crippen LogP contribution is 2.19. The zero-order valence-corrected chi connectivity index (χ0v) is 9.73. The molecular weight excluding hydrogens is 242 g/mol. The van der Waals surface area contributed by atoms with Gasteiger partial charge < -0.3 is 15.4 Å². The lowest BCUT2D eigenvalue weighted by atomic mass is 10.1. The molecule has 4 nitrogen and oxygen atoms in total. The van der Waals surface area contributed by atoms with E-state index in [9.17, 15) is 13.6 Å². The molecule has 1 heterocycles. The van der Waals surface area contributed by atoms with Gasteiger partial charge in [-0.15, -0.1) is 0 Å². The zero-order valence-electron chi connectivity index (χ0n) is 9.73. The summed E-state index contributed by atoms with van der Waals surface area (Å²) >= 11 is 0. The van der Waals surface area contributed by atoms with Gasteiger partial charge in [0.2, 0.25) is 0 Å². The lowest BCUT2D eigenvalue weighted by Gasteiger charge is -2.29. The van der Waals surface area contributed by atoms with E-state index in [1.54, 1.807) is 0 Å². The molecule has 0 radical (unpaired) electrons. The Morgan fingerprint density at radius 3 is 2.61 bits per heavy atom. The predicted molar refractivity (Wildman–Crippen MR) is 61.2 cm³/mol. The molecule has 0 aliphatic carbocycles. The zero-order chi connectivity index (χ0) is 13.1. The van der Waals surface area contributed by atoms with Crippen LogP contribution in [0.3, 0.4) is 0 Å². The number of rotatable bonds is 1. The van der Waals surface area contributed by atoms with Gasteiger partial charge in [0.05, 0.1) is 0 Å². The number of amides is 1. The van der Waals surface area contributed by atoms with Gasteiger partial charge in [-0.1, -0.05) is 0 Å². The van der Waals surface area contributed by atoms with Gasteiger partial charge in [0.25, 0.3) is 0 Å². The Bertz CT molecular complexity index is 446. The van der Waals surface area contributed by atoms with Crippen molar-refractivity contribution < 1.29 is 18.3 Å². The Balaban J connectivity index is 1.98. The number of likely N-dealkylation sites (tertiary alicyclic amines) is 1. The van der Waals surface area contributed by atoms with Crippen LogP contribution in [0, 0.1) is 11.6 Å². The molecule has 0 atom stereocenters. The third kappa shape index (κ3) is 2.95. The van der Waals surface area contributed by atoms with Crippen LogP contribution in [0.2, 0.25) is 0 Å². The van der Waals surface area contributed by atoms with E-state index in [0.29, 0.717) is 32.0 Å². The average Bonchev–Trinajstić information content (AvgIpc) is 2.33. The lowest BCUT2D eigenvalue weighted by Crippen LogP contribution is -2.44. The number of carbonyl (C=O) groups is 1. The molecular formula is C12H14F2N2O2. The second-order valence-corrected chi connectivity index (χ2v) is 4.27. The van der Waals surface area contributed by atoms with E-state index in [4.69, 9.17) is 10.5 Å². The molecule has 98 valence electrons. The minimum atomic E-state index is -0.892. The quantitative estimate of drug-likeness (QED) is 0.834. The molecule has 1 fully saturated rings. The third-order valence-electron chi connectivity index (χ3n) is 2.89. The number of nitrogens with zero attached hydrogens (tertiary/aromatic N) is 1. The molecule has 1 aromatic rings. The van der Waals surface area contributed by atoms with Gasteiger partial charge in [0.1, 0.15) is 5.82 Å². The first-order valence-corrected chi connectivity index (χ1v) is 5.73. The number of halogens is 2. The Kier molecular flexibility index (Phi) is 3.76. The first-order valence-electron chi connectivity index (χ1n) is 5.73. The maximum Gasteiger partial charge on any atom is 0.415 e. The van der Waals surface area contributed by atoms with Crippen molar-refractivity contribution in [3.63, 3.8) is 0 Å². The summed E-state index contributed by atoms with van der Waals surface area (Å²) < 4.78 is 30.8. The smallest absolute Gasteiger partial charge is 0.407 e. The fraction of sp³-hybridized carbons (Fsp3) is 0.417. The third-order valence-corrected chi connectivity index (χ3v) is 2.89. The van der Waals surface area contributed by atoms with Crippen molar-refractivity contribution >= 4 is 6.09 Å². The van der Waals surface area contributed by atoms with E-state index >= 15 is 0 Å². The van der Waals surface area contributed by atoms with Crippen LogP contribution in [-0.2, 0) is 0 Å². The van der Waals surface area contributed by atoms with Crippen molar-refractivity contribution in [1.29, 1.82) is 0 Å². The lowest BCUT2D eigenvalue weighted by molar-refractivity contribution is 0.137. The molecule has 6 heteroatoms. The molecule has 1 amide bonds. The van der Waals surface area contributed by atoms with E-state index in [1.807, 2.05) is 0 Å². The van der Waals surface area contributed by atoms with Gasteiger partial charge >= 0.3 is 6.09 Å².